The molecule has 98 valence electrons. The van der Waals surface area contributed by atoms with Crippen molar-refractivity contribution in [3.05, 3.63) is 29.8 Å². The second-order valence-corrected chi connectivity index (χ2v) is 5.35. The molecule has 1 aliphatic heterocycles. The monoisotopic (exact) mass is 271 g/mol. The number of amides is 1. The molecule has 0 spiro atoms. The molecule has 1 fully saturated rings. The van der Waals surface area contributed by atoms with Gasteiger partial charge in [0, 0.05) is 18.0 Å². The van der Waals surface area contributed by atoms with Crippen molar-refractivity contribution in [2.24, 2.45) is 0 Å². The number of carbonyl (C=O) groups is 1. The van der Waals surface area contributed by atoms with Crippen LogP contribution in [0, 0.1) is 11.6 Å². The summed E-state index contributed by atoms with van der Waals surface area (Å²) in [6.07, 6.45) is 3.29. The largest absolute Gasteiger partial charge is 0.342 e. The second-order valence-electron chi connectivity index (χ2n) is 4.31. The van der Waals surface area contributed by atoms with E-state index >= 15 is 0 Å². The maximum Gasteiger partial charge on any atom is 0.232 e. The fraction of sp³-hybridized carbons (Fsp3) is 0.462. The van der Waals surface area contributed by atoms with Crippen LogP contribution < -0.4 is 0 Å². The molecule has 18 heavy (non-hydrogen) atoms. The average molecular weight is 271 g/mol. The first-order valence-corrected chi connectivity index (χ1v) is 7.01. The summed E-state index contributed by atoms with van der Waals surface area (Å²) in [4.78, 5) is 14.3. The van der Waals surface area contributed by atoms with Gasteiger partial charge in [-0.05, 0) is 37.5 Å². The highest BCUT2D eigenvalue weighted by Crippen LogP contribution is 2.21. The molecule has 1 aliphatic rings. The van der Waals surface area contributed by atoms with E-state index in [1.54, 1.807) is 0 Å². The number of likely N-dealkylation sites (tertiary alicyclic amines) is 1. The van der Waals surface area contributed by atoms with Crippen LogP contribution in [0.3, 0.4) is 0 Å². The van der Waals surface area contributed by atoms with Crippen LogP contribution in [0.4, 0.5) is 8.78 Å². The van der Waals surface area contributed by atoms with Crippen molar-refractivity contribution in [3.63, 3.8) is 0 Å². The molecule has 0 aliphatic carbocycles. The minimum absolute atomic E-state index is 0.0735. The number of thioether (sulfide) groups is 1. The van der Waals surface area contributed by atoms with Crippen LogP contribution in [0.5, 0.6) is 0 Å². The first kappa shape index (κ1) is 13.3. The molecule has 0 radical (unpaired) electrons. The molecular formula is C13H15F2NOS. The van der Waals surface area contributed by atoms with Gasteiger partial charge in [0.25, 0.3) is 0 Å². The summed E-state index contributed by atoms with van der Waals surface area (Å²) in [6.45, 7) is 1.63. The predicted molar refractivity (Wildman–Crippen MR) is 67.5 cm³/mol. The zero-order valence-corrected chi connectivity index (χ0v) is 10.8. The summed E-state index contributed by atoms with van der Waals surface area (Å²) in [5.74, 6) is -1.37. The Bertz CT molecular complexity index is 433. The number of halogens is 2. The molecule has 0 bridgehead atoms. The molecule has 0 atom stereocenters. The van der Waals surface area contributed by atoms with E-state index < -0.39 is 11.6 Å². The summed E-state index contributed by atoms with van der Waals surface area (Å²) < 4.78 is 25.7. The van der Waals surface area contributed by atoms with Gasteiger partial charge in [0.15, 0.2) is 11.6 Å². The number of carbonyl (C=O) groups excluding carboxylic acids is 1. The molecule has 1 aromatic carbocycles. The smallest absolute Gasteiger partial charge is 0.232 e. The van der Waals surface area contributed by atoms with Crippen molar-refractivity contribution >= 4 is 17.7 Å². The van der Waals surface area contributed by atoms with Crippen LogP contribution in [0.15, 0.2) is 23.1 Å². The van der Waals surface area contributed by atoms with Crippen molar-refractivity contribution in [2.45, 2.75) is 24.2 Å². The van der Waals surface area contributed by atoms with E-state index in [0.29, 0.717) is 4.90 Å². The topological polar surface area (TPSA) is 20.3 Å². The van der Waals surface area contributed by atoms with Gasteiger partial charge in [-0.15, -0.1) is 11.8 Å². The Kier molecular flexibility index (Phi) is 4.58. The third-order valence-electron chi connectivity index (χ3n) is 2.96. The van der Waals surface area contributed by atoms with E-state index in [2.05, 4.69) is 0 Å². The molecule has 0 aromatic heterocycles. The van der Waals surface area contributed by atoms with Crippen molar-refractivity contribution in [2.75, 3.05) is 18.8 Å². The number of benzene rings is 1. The molecule has 0 N–H and O–H groups in total. The van der Waals surface area contributed by atoms with Gasteiger partial charge in [0.05, 0.1) is 5.75 Å². The fourth-order valence-electron chi connectivity index (χ4n) is 1.95. The lowest BCUT2D eigenvalue weighted by Crippen LogP contribution is -2.36. The van der Waals surface area contributed by atoms with Gasteiger partial charge in [0.1, 0.15) is 0 Å². The number of rotatable bonds is 3. The molecule has 2 nitrogen and oxygen atoms in total. The zero-order valence-electron chi connectivity index (χ0n) is 9.99. The molecule has 1 saturated heterocycles. The Hall–Kier alpha value is -1.10. The Balaban J connectivity index is 1.86. The molecule has 1 heterocycles. The van der Waals surface area contributed by atoms with Gasteiger partial charge in [0.2, 0.25) is 5.91 Å². The van der Waals surface area contributed by atoms with Gasteiger partial charge in [-0.2, -0.15) is 0 Å². The molecule has 1 aromatic rings. The van der Waals surface area contributed by atoms with Crippen LogP contribution in [0.25, 0.3) is 0 Å². The van der Waals surface area contributed by atoms with Gasteiger partial charge in [-0.1, -0.05) is 0 Å². The highest BCUT2D eigenvalue weighted by atomic mass is 32.2. The second kappa shape index (κ2) is 6.18. The Labute approximate surface area is 109 Å². The lowest BCUT2D eigenvalue weighted by Gasteiger charge is -2.26. The summed E-state index contributed by atoms with van der Waals surface area (Å²) in [7, 11) is 0. The third-order valence-corrected chi connectivity index (χ3v) is 3.94. The quantitative estimate of drug-likeness (QED) is 0.787. The standard InChI is InChI=1S/C13H15F2NOS/c14-11-5-4-10(8-12(11)15)18-9-13(17)16-6-2-1-3-7-16/h4-5,8H,1-3,6-7,9H2. The fourth-order valence-corrected chi connectivity index (χ4v) is 2.77. The average Bonchev–Trinajstić information content (AvgIpc) is 2.41. The summed E-state index contributed by atoms with van der Waals surface area (Å²) >= 11 is 1.25. The van der Waals surface area contributed by atoms with E-state index in [9.17, 15) is 13.6 Å². The van der Waals surface area contributed by atoms with Crippen LogP contribution in [-0.2, 0) is 4.79 Å². The van der Waals surface area contributed by atoms with E-state index in [-0.39, 0.29) is 11.7 Å². The van der Waals surface area contributed by atoms with Crippen molar-refractivity contribution in [1.29, 1.82) is 0 Å². The highest BCUT2D eigenvalue weighted by molar-refractivity contribution is 8.00. The summed E-state index contributed by atoms with van der Waals surface area (Å²) in [5.41, 5.74) is 0. The van der Waals surface area contributed by atoms with E-state index in [1.165, 1.54) is 24.2 Å². The minimum atomic E-state index is -0.870. The molecule has 5 heteroatoms. The van der Waals surface area contributed by atoms with Gasteiger partial charge >= 0.3 is 0 Å². The number of hydrogen-bond donors (Lipinski definition) is 0. The first-order chi connectivity index (χ1) is 8.66. The maximum atomic E-state index is 13.0. The molecule has 2 rings (SSSR count). The number of nitrogens with zero attached hydrogens (tertiary/aromatic N) is 1. The SMILES string of the molecule is O=C(CSc1ccc(F)c(F)c1)N1CCCCC1. The van der Waals surface area contributed by atoms with Crippen LogP contribution >= 0.6 is 11.8 Å². The van der Waals surface area contributed by atoms with Crippen LogP contribution in [0.1, 0.15) is 19.3 Å². The van der Waals surface area contributed by atoms with Crippen LogP contribution in [0.2, 0.25) is 0 Å². The maximum absolute atomic E-state index is 13.0. The van der Waals surface area contributed by atoms with Gasteiger partial charge in [-0.3, -0.25) is 4.79 Å². The first-order valence-electron chi connectivity index (χ1n) is 6.02. The normalized spacial score (nSPS) is 15.8. The van der Waals surface area contributed by atoms with Gasteiger partial charge < -0.3 is 4.90 Å². The Morgan fingerprint density at radius 3 is 2.56 bits per heavy atom. The lowest BCUT2D eigenvalue weighted by molar-refractivity contribution is -0.129. The molecule has 1 amide bonds. The molecule has 0 unspecified atom stereocenters. The van der Waals surface area contributed by atoms with E-state index in [1.807, 2.05) is 4.90 Å². The van der Waals surface area contributed by atoms with Crippen molar-refractivity contribution < 1.29 is 13.6 Å². The highest BCUT2D eigenvalue weighted by Gasteiger charge is 2.16. The minimum Gasteiger partial charge on any atom is -0.342 e. The number of hydrogen-bond acceptors (Lipinski definition) is 2. The predicted octanol–water partition coefficient (Wildman–Crippen LogP) is 3.07. The number of piperidine rings is 1. The van der Waals surface area contributed by atoms with E-state index in [4.69, 9.17) is 0 Å². The van der Waals surface area contributed by atoms with Crippen molar-refractivity contribution in [1.82, 2.24) is 4.90 Å². The zero-order chi connectivity index (χ0) is 13.0. The third kappa shape index (κ3) is 3.45. The van der Waals surface area contributed by atoms with Gasteiger partial charge in [-0.25, -0.2) is 8.78 Å². The summed E-state index contributed by atoms with van der Waals surface area (Å²) in [6, 6.07) is 3.71. The Morgan fingerprint density at radius 2 is 1.89 bits per heavy atom. The summed E-state index contributed by atoms with van der Waals surface area (Å²) in [5, 5.41) is 0. The van der Waals surface area contributed by atoms with Crippen LogP contribution in [-0.4, -0.2) is 29.6 Å². The molecular weight excluding hydrogens is 256 g/mol. The van der Waals surface area contributed by atoms with E-state index in [0.717, 1.165) is 38.1 Å². The van der Waals surface area contributed by atoms with Crippen molar-refractivity contribution in [3.8, 4) is 0 Å². The molecule has 0 saturated carbocycles. The lowest BCUT2D eigenvalue weighted by atomic mass is 10.1. The Morgan fingerprint density at radius 1 is 1.17 bits per heavy atom.